The lowest BCUT2D eigenvalue weighted by atomic mass is 9.92. The fraction of sp³-hybridized carbons (Fsp3) is 0.647. The van der Waals surface area contributed by atoms with Crippen molar-refractivity contribution in [2.24, 2.45) is 5.92 Å². The fourth-order valence-electron chi connectivity index (χ4n) is 3.17. The molecule has 0 amide bonds. The van der Waals surface area contributed by atoms with Gasteiger partial charge in [0, 0.05) is 31.9 Å². The van der Waals surface area contributed by atoms with Crippen LogP contribution in [0.1, 0.15) is 25.8 Å². The van der Waals surface area contributed by atoms with E-state index in [2.05, 4.69) is 48.3 Å². The van der Waals surface area contributed by atoms with Crippen LogP contribution in [-0.2, 0) is 11.2 Å². The molecule has 20 heavy (non-hydrogen) atoms. The molecule has 1 aliphatic rings. The van der Waals surface area contributed by atoms with Crippen LogP contribution < -0.4 is 10.2 Å². The van der Waals surface area contributed by atoms with Crippen LogP contribution in [0, 0.1) is 5.92 Å². The van der Waals surface area contributed by atoms with Gasteiger partial charge in [-0.15, -0.1) is 0 Å². The normalized spacial score (nSPS) is 23.1. The van der Waals surface area contributed by atoms with Gasteiger partial charge in [0.2, 0.25) is 0 Å². The molecule has 1 aromatic rings. The molecule has 0 aromatic heterocycles. The third kappa shape index (κ3) is 3.74. The van der Waals surface area contributed by atoms with Gasteiger partial charge in [-0.1, -0.05) is 32.0 Å². The number of hydrogen-bond donors (Lipinski definition) is 1. The number of rotatable bonds is 6. The summed E-state index contributed by atoms with van der Waals surface area (Å²) < 4.78 is 5.23. The van der Waals surface area contributed by atoms with E-state index < -0.39 is 0 Å². The van der Waals surface area contributed by atoms with E-state index in [4.69, 9.17) is 4.74 Å². The number of ether oxygens (including phenoxy) is 1. The molecule has 3 heteroatoms. The predicted octanol–water partition coefficient (Wildman–Crippen LogP) is 2.70. The summed E-state index contributed by atoms with van der Waals surface area (Å²) in [7, 11) is 1.77. The third-order valence-corrected chi connectivity index (χ3v) is 4.28. The van der Waals surface area contributed by atoms with Gasteiger partial charge in [-0.3, -0.25) is 0 Å². The van der Waals surface area contributed by atoms with Crippen LogP contribution in [0.25, 0.3) is 0 Å². The smallest absolute Gasteiger partial charge is 0.0503 e. The zero-order valence-electron chi connectivity index (χ0n) is 13.1. The highest BCUT2D eigenvalue weighted by Gasteiger charge is 2.26. The second-order valence-corrected chi connectivity index (χ2v) is 5.75. The SMILES string of the molecule is CCNC1CCN(c2ccccc2CCOC)CC1C. The Balaban J connectivity index is 2.05. The summed E-state index contributed by atoms with van der Waals surface area (Å²) in [4.78, 5) is 2.55. The first kappa shape index (κ1) is 15.3. The Morgan fingerprint density at radius 1 is 1.35 bits per heavy atom. The quantitative estimate of drug-likeness (QED) is 0.864. The van der Waals surface area contributed by atoms with Crippen molar-refractivity contribution in [1.29, 1.82) is 0 Å². The topological polar surface area (TPSA) is 24.5 Å². The van der Waals surface area contributed by atoms with E-state index in [1.807, 2.05) is 0 Å². The molecule has 0 saturated carbocycles. The zero-order chi connectivity index (χ0) is 14.4. The Morgan fingerprint density at radius 2 is 2.15 bits per heavy atom. The Labute approximate surface area is 123 Å². The van der Waals surface area contributed by atoms with Crippen LogP contribution in [0.3, 0.4) is 0 Å². The van der Waals surface area contributed by atoms with Gasteiger partial charge < -0.3 is 15.0 Å². The van der Waals surface area contributed by atoms with Crippen molar-refractivity contribution in [3.63, 3.8) is 0 Å². The molecule has 0 spiro atoms. The average molecular weight is 276 g/mol. The second kappa shape index (κ2) is 7.65. The maximum atomic E-state index is 5.23. The molecule has 2 atom stereocenters. The van der Waals surface area contributed by atoms with E-state index in [9.17, 15) is 0 Å². The van der Waals surface area contributed by atoms with E-state index >= 15 is 0 Å². The van der Waals surface area contributed by atoms with Crippen LogP contribution in [0.15, 0.2) is 24.3 Å². The molecule has 112 valence electrons. The van der Waals surface area contributed by atoms with E-state index in [1.165, 1.54) is 17.7 Å². The minimum atomic E-state index is 0.669. The molecule has 0 bridgehead atoms. The Kier molecular flexibility index (Phi) is 5.86. The molecule has 1 N–H and O–H groups in total. The number of para-hydroxylation sites is 1. The van der Waals surface area contributed by atoms with Crippen LogP contribution in [0.5, 0.6) is 0 Å². The van der Waals surface area contributed by atoms with Crippen molar-refractivity contribution >= 4 is 5.69 Å². The maximum absolute atomic E-state index is 5.23. The van der Waals surface area contributed by atoms with Crippen molar-refractivity contribution in [2.75, 3.05) is 38.3 Å². The molecular formula is C17H28N2O. The lowest BCUT2D eigenvalue weighted by molar-refractivity contribution is 0.202. The summed E-state index contributed by atoms with van der Waals surface area (Å²) >= 11 is 0. The number of anilines is 1. The van der Waals surface area contributed by atoms with Crippen LogP contribution >= 0.6 is 0 Å². The predicted molar refractivity (Wildman–Crippen MR) is 85.5 cm³/mol. The molecular weight excluding hydrogens is 248 g/mol. The van der Waals surface area contributed by atoms with Gasteiger partial charge in [-0.25, -0.2) is 0 Å². The number of nitrogens with one attached hydrogen (secondary N) is 1. The van der Waals surface area contributed by atoms with Gasteiger partial charge >= 0.3 is 0 Å². The van der Waals surface area contributed by atoms with Crippen molar-refractivity contribution in [1.82, 2.24) is 5.32 Å². The van der Waals surface area contributed by atoms with Gasteiger partial charge in [0.25, 0.3) is 0 Å². The van der Waals surface area contributed by atoms with Gasteiger partial charge in [0.15, 0.2) is 0 Å². The maximum Gasteiger partial charge on any atom is 0.0503 e. The number of methoxy groups -OCH3 is 1. The van der Waals surface area contributed by atoms with Crippen LogP contribution in [0.2, 0.25) is 0 Å². The molecule has 3 nitrogen and oxygen atoms in total. The molecule has 2 unspecified atom stereocenters. The first-order valence-corrected chi connectivity index (χ1v) is 7.81. The monoisotopic (exact) mass is 276 g/mol. The van der Waals surface area contributed by atoms with Crippen molar-refractivity contribution in [3.05, 3.63) is 29.8 Å². The molecule has 1 aliphatic heterocycles. The van der Waals surface area contributed by atoms with E-state index in [1.54, 1.807) is 7.11 Å². The largest absolute Gasteiger partial charge is 0.384 e. The molecule has 1 fully saturated rings. The number of piperidine rings is 1. The van der Waals surface area contributed by atoms with Crippen LogP contribution in [0.4, 0.5) is 5.69 Å². The highest BCUT2D eigenvalue weighted by molar-refractivity contribution is 5.54. The van der Waals surface area contributed by atoms with E-state index in [0.717, 1.165) is 32.7 Å². The Bertz CT molecular complexity index is 408. The first-order valence-electron chi connectivity index (χ1n) is 7.81. The van der Waals surface area contributed by atoms with Gasteiger partial charge in [-0.05, 0) is 36.9 Å². The van der Waals surface area contributed by atoms with Gasteiger partial charge in [0.1, 0.15) is 0 Å². The summed E-state index contributed by atoms with van der Waals surface area (Å²) in [5.41, 5.74) is 2.80. The standard InChI is InChI=1S/C17H28N2O/c1-4-18-16-9-11-19(13-14(16)2)17-8-6-5-7-15(17)10-12-20-3/h5-8,14,16,18H,4,9-13H2,1-3H3. The molecule has 2 rings (SSSR count). The van der Waals surface area contributed by atoms with Crippen molar-refractivity contribution < 1.29 is 4.74 Å². The van der Waals surface area contributed by atoms with E-state index in [0.29, 0.717) is 12.0 Å². The molecule has 1 saturated heterocycles. The molecule has 0 radical (unpaired) electrons. The van der Waals surface area contributed by atoms with Gasteiger partial charge in [-0.2, -0.15) is 0 Å². The van der Waals surface area contributed by atoms with E-state index in [-0.39, 0.29) is 0 Å². The summed E-state index contributed by atoms with van der Waals surface area (Å²) in [5.74, 6) is 0.694. The highest BCUT2D eigenvalue weighted by atomic mass is 16.5. The van der Waals surface area contributed by atoms with Crippen molar-refractivity contribution in [3.8, 4) is 0 Å². The zero-order valence-corrected chi connectivity index (χ0v) is 13.1. The lowest BCUT2D eigenvalue weighted by Gasteiger charge is -2.39. The van der Waals surface area contributed by atoms with Gasteiger partial charge in [0.05, 0.1) is 6.61 Å². The fourth-order valence-corrected chi connectivity index (χ4v) is 3.17. The first-order chi connectivity index (χ1) is 9.76. The Morgan fingerprint density at radius 3 is 2.85 bits per heavy atom. The number of benzene rings is 1. The number of hydrogen-bond acceptors (Lipinski definition) is 3. The summed E-state index contributed by atoms with van der Waals surface area (Å²) in [6, 6.07) is 9.43. The lowest BCUT2D eigenvalue weighted by Crippen LogP contribution is -2.48. The summed E-state index contributed by atoms with van der Waals surface area (Å²) in [6.45, 7) is 8.70. The second-order valence-electron chi connectivity index (χ2n) is 5.75. The summed E-state index contributed by atoms with van der Waals surface area (Å²) in [6.07, 6.45) is 2.22. The van der Waals surface area contributed by atoms with Crippen LogP contribution in [-0.4, -0.2) is 39.4 Å². The molecule has 0 aliphatic carbocycles. The molecule has 1 heterocycles. The third-order valence-electron chi connectivity index (χ3n) is 4.28. The Hall–Kier alpha value is -1.06. The van der Waals surface area contributed by atoms with Crippen molar-refractivity contribution in [2.45, 2.75) is 32.7 Å². The average Bonchev–Trinajstić information content (AvgIpc) is 2.48. The summed E-state index contributed by atoms with van der Waals surface area (Å²) in [5, 5.41) is 3.61. The minimum Gasteiger partial charge on any atom is -0.384 e. The minimum absolute atomic E-state index is 0.669. The number of nitrogens with zero attached hydrogens (tertiary/aromatic N) is 1. The molecule has 1 aromatic carbocycles. The highest BCUT2D eigenvalue weighted by Crippen LogP contribution is 2.26.